The lowest BCUT2D eigenvalue weighted by Crippen LogP contribution is -2.40. The number of nitrogens with zero attached hydrogens (tertiary/aromatic N) is 1. The van der Waals surface area contributed by atoms with Gasteiger partial charge in [0.25, 0.3) is 0 Å². The molecule has 1 aromatic rings. The fourth-order valence-electron chi connectivity index (χ4n) is 2.54. The lowest BCUT2D eigenvalue weighted by atomic mass is 10.00. The van der Waals surface area contributed by atoms with Gasteiger partial charge in [-0.1, -0.05) is 6.92 Å². The topological polar surface area (TPSA) is 50.8 Å². The number of anilines is 1. The van der Waals surface area contributed by atoms with Crippen molar-refractivity contribution in [1.29, 1.82) is 0 Å². The molecule has 2 aliphatic rings. The van der Waals surface area contributed by atoms with Crippen LogP contribution in [0.25, 0.3) is 0 Å². The van der Waals surface area contributed by atoms with E-state index in [-0.39, 0.29) is 6.03 Å². The lowest BCUT2D eigenvalue weighted by molar-refractivity contribution is 0.171. The number of carbonyl (C=O) groups excluding carboxylic acids is 1. The monoisotopic (exact) mass is 276 g/mol. The van der Waals surface area contributed by atoms with Crippen molar-refractivity contribution in [2.75, 3.05) is 31.6 Å². The Morgan fingerprint density at radius 2 is 1.90 bits per heavy atom. The molecule has 0 spiro atoms. The summed E-state index contributed by atoms with van der Waals surface area (Å²) in [6, 6.07) is 5.47. The zero-order chi connectivity index (χ0) is 13.9. The number of hydrogen-bond acceptors (Lipinski definition) is 3. The molecule has 0 atom stereocenters. The molecule has 0 aliphatic carbocycles. The molecule has 1 N–H and O–H groups in total. The third-order valence-electron chi connectivity index (χ3n) is 3.86. The number of nitrogens with one attached hydrogen (secondary N) is 1. The Bertz CT molecular complexity index is 496. The van der Waals surface area contributed by atoms with E-state index in [2.05, 4.69) is 12.2 Å². The minimum atomic E-state index is -0.0337. The average molecular weight is 276 g/mol. The van der Waals surface area contributed by atoms with Crippen LogP contribution in [0.5, 0.6) is 11.5 Å². The predicted molar refractivity (Wildman–Crippen MR) is 76.4 cm³/mol. The highest BCUT2D eigenvalue weighted by Gasteiger charge is 2.20. The van der Waals surface area contributed by atoms with Gasteiger partial charge in [-0.25, -0.2) is 4.79 Å². The standard InChI is InChI=1S/C15H20N2O3/c1-11-4-6-17(7-5-11)15(18)16-12-2-3-13-14(10-12)20-9-8-19-13/h2-3,10-11H,4-9H2,1H3,(H,16,18). The molecule has 0 saturated carbocycles. The largest absolute Gasteiger partial charge is 0.486 e. The van der Waals surface area contributed by atoms with Gasteiger partial charge in [0, 0.05) is 24.8 Å². The molecule has 0 bridgehead atoms. The van der Waals surface area contributed by atoms with Crippen LogP contribution in [0.15, 0.2) is 18.2 Å². The third-order valence-corrected chi connectivity index (χ3v) is 3.86. The minimum Gasteiger partial charge on any atom is -0.486 e. The number of carbonyl (C=O) groups is 1. The second-order valence-corrected chi connectivity index (χ2v) is 5.46. The Hall–Kier alpha value is -1.91. The van der Waals surface area contributed by atoms with Crippen LogP contribution in [0.3, 0.4) is 0 Å². The van der Waals surface area contributed by atoms with Gasteiger partial charge in [-0.05, 0) is 30.9 Å². The van der Waals surface area contributed by atoms with E-state index in [0.717, 1.165) is 37.4 Å². The van der Waals surface area contributed by atoms with E-state index in [4.69, 9.17) is 9.47 Å². The molecule has 1 aromatic carbocycles. The summed E-state index contributed by atoms with van der Waals surface area (Å²) in [4.78, 5) is 14.1. The molecule has 1 fully saturated rings. The van der Waals surface area contributed by atoms with Gasteiger partial charge in [0.15, 0.2) is 11.5 Å². The highest BCUT2D eigenvalue weighted by molar-refractivity contribution is 5.89. The smallest absolute Gasteiger partial charge is 0.321 e. The first kappa shape index (κ1) is 13.1. The number of benzene rings is 1. The van der Waals surface area contributed by atoms with Gasteiger partial charge < -0.3 is 19.7 Å². The van der Waals surface area contributed by atoms with E-state index < -0.39 is 0 Å². The summed E-state index contributed by atoms with van der Waals surface area (Å²) in [6.45, 7) is 5.02. The average Bonchev–Trinajstić information content (AvgIpc) is 2.48. The highest BCUT2D eigenvalue weighted by atomic mass is 16.6. The predicted octanol–water partition coefficient (Wildman–Crippen LogP) is 2.72. The van der Waals surface area contributed by atoms with Crippen LogP contribution in [0, 0.1) is 5.92 Å². The first-order valence-electron chi connectivity index (χ1n) is 7.18. The number of ether oxygens (including phenoxy) is 2. The van der Waals surface area contributed by atoms with Gasteiger partial charge in [-0.15, -0.1) is 0 Å². The number of hydrogen-bond donors (Lipinski definition) is 1. The summed E-state index contributed by atoms with van der Waals surface area (Å²) in [7, 11) is 0. The molecular weight excluding hydrogens is 256 g/mol. The number of urea groups is 1. The van der Waals surface area contributed by atoms with Crippen LogP contribution in [-0.2, 0) is 0 Å². The second kappa shape index (κ2) is 5.61. The van der Waals surface area contributed by atoms with Crippen molar-refractivity contribution in [3.63, 3.8) is 0 Å². The molecule has 5 nitrogen and oxygen atoms in total. The fraction of sp³-hybridized carbons (Fsp3) is 0.533. The molecule has 2 heterocycles. The summed E-state index contributed by atoms with van der Waals surface area (Å²) >= 11 is 0. The molecule has 2 aliphatic heterocycles. The summed E-state index contributed by atoms with van der Waals surface area (Å²) in [6.07, 6.45) is 2.16. The number of amides is 2. The maximum Gasteiger partial charge on any atom is 0.321 e. The van der Waals surface area contributed by atoms with Crippen LogP contribution in [-0.4, -0.2) is 37.2 Å². The molecule has 108 valence electrons. The van der Waals surface area contributed by atoms with Crippen molar-refractivity contribution in [3.8, 4) is 11.5 Å². The van der Waals surface area contributed by atoms with Crippen molar-refractivity contribution in [2.45, 2.75) is 19.8 Å². The quantitative estimate of drug-likeness (QED) is 0.858. The third kappa shape index (κ3) is 2.81. The van der Waals surface area contributed by atoms with Crippen LogP contribution in [0.4, 0.5) is 10.5 Å². The second-order valence-electron chi connectivity index (χ2n) is 5.46. The van der Waals surface area contributed by atoms with Crippen molar-refractivity contribution in [2.24, 2.45) is 5.92 Å². The number of likely N-dealkylation sites (tertiary alicyclic amines) is 1. The Morgan fingerprint density at radius 3 is 2.65 bits per heavy atom. The molecule has 2 amide bonds. The van der Waals surface area contributed by atoms with Crippen molar-refractivity contribution in [3.05, 3.63) is 18.2 Å². The Morgan fingerprint density at radius 1 is 1.20 bits per heavy atom. The van der Waals surface area contributed by atoms with Crippen LogP contribution in [0.2, 0.25) is 0 Å². The van der Waals surface area contributed by atoms with Crippen molar-refractivity contribution < 1.29 is 14.3 Å². The van der Waals surface area contributed by atoms with Crippen LogP contribution < -0.4 is 14.8 Å². The molecule has 0 radical (unpaired) electrons. The summed E-state index contributed by atoms with van der Waals surface area (Å²) in [5.41, 5.74) is 0.748. The van der Waals surface area contributed by atoms with E-state index in [1.807, 2.05) is 23.1 Å². The zero-order valence-corrected chi connectivity index (χ0v) is 11.7. The number of rotatable bonds is 1. The Labute approximate surface area is 118 Å². The van der Waals surface area contributed by atoms with E-state index in [9.17, 15) is 4.79 Å². The van der Waals surface area contributed by atoms with Gasteiger partial charge in [0.2, 0.25) is 0 Å². The molecule has 0 unspecified atom stereocenters. The molecular formula is C15H20N2O3. The minimum absolute atomic E-state index is 0.0337. The van der Waals surface area contributed by atoms with Crippen molar-refractivity contribution in [1.82, 2.24) is 4.90 Å². The SMILES string of the molecule is CC1CCN(C(=O)Nc2ccc3c(c2)OCCO3)CC1. The Balaban J connectivity index is 1.64. The van der Waals surface area contributed by atoms with Crippen LogP contribution >= 0.6 is 0 Å². The van der Waals surface area contributed by atoms with E-state index >= 15 is 0 Å². The van der Waals surface area contributed by atoms with E-state index in [1.54, 1.807) is 0 Å². The van der Waals surface area contributed by atoms with Gasteiger partial charge >= 0.3 is 6.03 Å². The summed E-state index contributed by atoms with van der Waals surface area (Å²) < 4.78 is 11.0. The maximum atomic E-state index is 12.2. The number of fused-ring (bicyclic) bond motifs is 1. The Kier molecular flexibility index (Phi) is 3.67. The van der Waals surface area contributed by atoms with Crippen LogP contribution in [0.1, 0.15) is 19.8 Å². The van der Waals surface area contributed by atoms with E-state index in [1.165, 1.54) is 0 Å². The first-order chi connectivity index (χ1) is 9.72. The van der Waals surface area contributed by atoms with Gasteiger partial charge in [0.1, 0.15) is 13.2 Å². The lowest BCUT2D eigenvalue weighted by Gasteiger charge is -2.30. The molecule has 5 heteroatoms. The normalized spacial score (nSPS) is 18.8. The molecule has 1 saturated heterocycles. The van der Waals surface area contributed by atoms with Gasteiger partial charge in [-0.3, -0.25) is 0 Å². The zero-order valence-electron chi connectivity index (χ0n) is 11.7. The van der Waals surface area contributed by atoms with Gasteiger partial charge in [-0.2, -0.15) is 0 Å². The first-order valence-corrected chi connectivity index (χ1v) is 7.18. The molecule has 0 aromatic heterocycles. The van der Waals surface area contributed by atoms with Gasteiger partial charge in [0.05, 0.1) is 0 Å². The summed E-state index contributed by atoms with van der Waals surface area (Å²) in [5, 5.41) is 2.93. The summed E-state index contributed by atoms with van der Waals surface area (Å²) in [5.74, 6) is 2.15. The highest BCUT2D eigenvalue weighted by Crippen LogP contribution is 2.32. The molecule has 20 heavy (non-hydrogen) atoms. The van der Waals surface area contributed by atoms with Crippen molar-refractivity contribution >= 4 is 11.7 Å². The maximum absolute atomic E-state index is 12.2. The van der Waals surface area contributed by atoms with E-state index in [0.29, 0.717) is 24.9 Å². The fourth-order valence-corrected chi connectivity index (χ4v) is 2.54. The molecule has 3 rings (SSSR count). The number of piperidine rings is 1.